The van der Waals surface area contributed by atoms with Gasteiger partial charge in [-0.15, -0.1) is 0 Å². The summed E-state index contributed by atoms with van der Waals surface area (Å²) in [6.07, 6.45) is 0. The van der Waals surface area contributed by atoms with Crippen LogP contribution >= 0.6 is 23.4 Å². The molecule has 1 aromatic heterocycles. The van der Waals surface area contributed by atoms with Gasteiger partial charge in [0.05, 0.1) is 10.4 Å². The van der Waals surface area contributed by atoms with E-state index in [0.717, 1.165) is 28.1 Å². The monoisotopic (exact) mass is 420 g/mol. The highest BCUT2D eigenvalue weighted by molar-refractivity contribution is 7.99. The van der Waals surface area contributed by atoms with Gasteiger partial charge in [-0.2, -0.15) is 21.1 Å². The second-order valence-electron chi connectivity index (χ2n) is 6.02. The van der Waals surface area contributed by atoms with Crippen LogP contribution in [-0.2, 0) is 10.0 Å². The van der Waals surface area contributed by atoms with Crippen molar-refractivity contribution in [2.24, 2.45) is 0 Å². The standard InChI is InChI=1S/C18H17ClN4O2S2/c19-18-21-16-4-2-1-3-15(16)17(22-18)20-13-5-7-14(8-6-13)27(24,25)23-9-11-26-12-10-23/h1-8H,9-12H2,(H,20,21,22). The largest absolute Gasteiger partial charge is 0.340 e. The topological polar surface area (TPSA) is 75.2 Å². The quantitative estimate of drug-likeness (QED) is 0.647. The third-order valence-corrected chi connectivity index (χ3v) is 7.33. The molecule has 1 aliphatic rings. The van der Waals surface area contributed by atoms with E-state index < -0.39 is 10.0 Å². The highest BCUT2D eigenvalue weighted by atomic mass is 35.5. The summed E-state index contributed by atoms with van der Waals surface area (Å²) in [5, 5.41) is 4.19. The number of halogens is 1. The second-order valence-corrected chi connectivity index (χ2v) is 9.52. The van der Waals surface area contributed by atoms with Gasteiger partial charge in [0, 0.05) is 35.7 Å². The molecule has 3 aromatic rings. The first-order chi connectivity index (χ1) is 13.0. The first-order valence-corrected chi connectivity index (χ1v) is 11.4. The highest BCUT2D eigenvalue weighted by Crippen LogP contribution is 2.27. The van der Waals surface area contributed by atoms with Crippen LogP contribution in [0.25, 0.3) is 10.9 Å². The summed E-state index contributed by atoms with van der Waals surface area (Å²) in [5.74, 6) is 2.25. The van der Waals surface area contributed by atoms with E-state index in [9.17, 15) is 8.42 Å². The average molecular weight is 421 g/mol. The smallest absolute Gasteiger partial charge is 0.243 e. The van der Waals surface area contributed by atoms with Crippen LogP contribution in [0.5, 0.6) is 0 Å². The van der Waals surface area contributed by atoms with Crippen molar-refractivity contribution in [1.82, 2.24) is 14.3 Å². The van der Waals surface area contributed by atoms with Gasteiger partial charge in [0.15, 0.2) is 0 Å². The fraction of sp³-hybridized carbons (Fsp3) is 0.222. The number of sulfonamides is 1. The Morgan fingerprint density at radius 3 is 2.44 bits per heavy atom. The Morgan fingerprint density at radius 1 is 1.00 bits per heavy atom. The van der Waals surface area contributed by atoms with E-state index in [2.05, 4.69) is 15.3 Å². The second kappa shape index (κ2) is 7.63. The van der Waals surface area contributed by atoms with E-state index in [0.29, 0.717) is 23.8 Å². The molecular weight excluding hydrogens is 404 g/mol. The predicted molar refractivity (Wildman–Crippen MR) is 110 cm³/mol. The van der Waals surface area contributed by atoms with Gasteiger partial charge < -0.3 is 5.32 Å². The van der Waals surface area contributed by atoms with Crippen molar-refractivity contribution >= 4 is 55.8 Å². The summed E-state index contributed by atoms with van der Waals surface area (Å²) in [6.45, 7) is 1.11. The molecule has 27 heavy (non-hydrogen) atoms. The Kier molecular flexibility index (Phi) is 5.23. The van der Waals surface area contributed by atoms with Crippen LogP contribution in [0.1, 0.15) is 0 Å². The SMILES string of the molecule is O=S(=O)(c1ccc(Nc2nc(Cl)nc3ccccc23)cc1)N1CCSCC1. The number of rotatable bonds is 4. The molecular formula is C18H17ClN4O2S2. The van der Waals surface area contributed by atoms with Crippen molar-refractivity contribution in [2.75, 3.05) is 29.9 Å². The van der Waals surface area contributed by atoms with E-state index in [-0.39, 0.29) is 5.28 Å². The summed E-state index contributed by atoms with van der Waals surface area (Å²) in [7, 11) is -3.45. The van der Waals surface area contributed by atoms with E-state index in [1.54, 1.807) is 40.3 Å². The fourth-order valence-corrected chi connectivity index (χ4v) is 5.68. The predicted octanol–water partition coefficient (Wildman–Crippen LogP) is 3.76. The Hall–Kier alpha value is -1.87. The summed E-state index contributed by atoms with van der Waals surface area (Å²) >= 11 is 7.79. The fourth-order valence-electron chi connectivity index (χ4n) is 2.93. The maximum absolute atomic E-state index is 12.7. The molecule has 0 bridgehead atoms. The maximum atomic E-state index is 12.7. The number of para-hydroxylation sites is 1. The molecule has 0 aliphatic carbocycles. The molecule has 9 heteroatoms. The number of hydrogen-bond donors (Lipinski definition) is 1. The molecule has 6 nitrogen and oxygen atoms in total. The lowest BCUT2D eigenvalue weighted by atomic mass is 10.2. The molecule has 0 saturated carbocycles. The number of nitrogens with one attached hydrogen (secondary N) is 1. The number of aromatic nitrogens is 2. The molecule has 0 amide bonds. The zero-order chi connectivity index (χ0) is 18.9. The van der Waals surface area contributed by atoms with Crippen molar-refractivity contribution in [3.8, 4) is 0 Å². The minimum atomic E-state index is -3.45. The Bertz CT molecular complexity index is 1070. The van der Waals surface area contributed by atoms with Crippen LogP contribution < -0.4 is 5.32 Å². The third-order valence-electron chi connectivity index (χ3n) is 4.30. The number of hydrogen-bond acceptors (Lipinski definition) is 6. The van der Waals surface area contributed by atoms with Gasteiger partial charge in [-0.3, -0.25) is 0 Å². The van der Waals surface area contributed by atoms with Crippen molar-refractivity contribution in [1.29, 1.82) is 0 Å². The molecule has 0 spiro atoms. The van der Waals surface area contributed by atoms with Gasteiger partial charge in [0.1, 0.15) is 5.82 Å². The van der Waals surface area contributed by atoms with Gasteiger partial charge in [0.25, 0.3) is 0 Å². The Morgan fingerprint density at radius 2 is 1.70 bits per heavy atom. The summed E-state index contributed by atoms with van der Waals surface area (Å²) in [4.78, 5) is 8.76. The number of anilines is 2. The molecule has 1 fully saturated rings. The number of fused-ring (bicyclic) bond motifs is 1. The lowest BCUT2D eigenvalue weighted by molar-refractivity contribution is 0.443. The summed E-state index contributed by atoms with van der Waals surface area (Å²) in [6, 6.07) is 14.2. The first-order valence-electron chi connectivity index (χ1n) is 8.41. The van der Waals surface area contributed by atoms with Crippen LogP contribution in [0.4, 0.5) is 11.5 Å². The normalized spacial score (nSPS) is 15.7. The third kappa shape index (κ3) is 3.89. The van der Waals surface area contributed by atoms with Crippen molar-refractivity contribution < 1.29 is 8.42 Å². The Labute approximate surface area is 167 Å². The van der Waals surface area contributed by atoms with E-state index in [1.807, 2.05) is 24.3 Å². The Balaban J connectivity index is 1.60. The number of nitrogens with zero attached hydrogens (tertiary/aromatic N) is 3. The molecule has 140 valence electrons. The zero-order valence-electron chi connectivity index (χ0n) is 14.3. The van der Waals surface area contributed by atoms with Gasteiger partial charge in [-0.05, 0) is 48.0 Å². The van der Waals surface area contributed by atoms with Crippen molar-refractivity contribution in [2.45, 2.75) is 4.90 Å². The first kappa shape index (κ1) is 18.5. The minimum absolute atomic E-state index is 0.151. The molecule has 0 radical (unpaired) electrons. The van der Waals surface area contributed by atoms with Gasteiger partial charge in [-0.25, -0.2) is 13.4 Å². The number of thioether (sulfide) groups is 1. The van der Waals surface area contributed by atoms with E-state index >= 15 is 0 Å². The molecule has 2 aromatic carbocycles. The molecule has 0 atom stereocenters. The minimum Gasteiger partial charge on any atom is -0.340 e. The molecule has 1 N–H and O–H groups in total. The van der Waals surface area contributed by atoms with Crippen LogP contribution in [0.15, 0.2) is 53.4 Å². The van der Waals surface area contributed by atoms with E-state index in [4.69, 9.17) is 11.6 Å². The van der Waals surface area contributed by atoms with Crippen molar-refractivity contribution in [3.63, 3.8) is 0 Å². The van der Waals surface area contributed by atoms with E-state index in [1.165, 1.54) is 0 Å². The van der Waals surface area contributed by atoms with Crippen LogP contribution in [0, 0.1) is 0 Å². The molecule has 1 saturated heterocycles. The highest BCUT2D eigenvalue weighted by Gasteiger charge is 2.25. The van der Waals surface area contributed by atoms with Crippen LogP contribution in [0.2, 0.25) is 5.28 Å². The molecule has 0 unspecified atom stereocenters. The van der Waals surface area contributed by atoms with Crippen LogP contribution in [0.3, 0.4) is 0 Å². The zero-order valence-corrected chi connectivity index (χ0v) is 16.7. The van der Waals surface area contributed by atoms with Gasteiger partial charge >= 0.3 is 0 Å². The summed E-state index contributed by atoms with van der Waals surface area (Å²) < 4.78 is 27.0. The lowest BCUT2D eigenvalue weighted by Gasteiger charge is -2.25. The van der Waals surface area contributed by atoms with Gasteiger partial charge in [-0.1, -0.05) is 12.1 Å². The van der Waals surface area contributed by atoms with Crippen LogP contribution in [-0.4, -0.2) is 47.3 Å². The van der Waals surface area contributed by atoms with Gasteiger partial charge in [0.2, 0.25) is 15.3 Å². The molecule has 2 heterocycles. The maximum Gasteiger partial charge on any atom is 0.243 e. The average Bonchev–Trinajstić information content (AvgIpc) is 2.69. The molecule has 1 aliphatic heterocycles. The molecule has 4 rings (SSSR count). The summed E-state index contributed by atoms with van der Waals surface area (Å²) in [5.41, 5.74) is 1.46. The lowest BCUT2D eigenvalue weighted by Crippen LogP contribution is -2.37. The number of benzene rings is 2. The van der Waals surface area contributed by atoms with Crippen molar-refractivity contribution in [3.05, 3.63) is 53.8 Å².